The Balaban J connectivity index is 2.29. The SMILES string of the molecule is CC1CCN(c2ccccc2CN)C1CO. The molecule has 0 aromatic heterocycles. The van der Waals surface area contributed by atoms with Gasteiger partial charge in [0.25, 0.3) is 0 Å². The molecule has 0 aliphatic carbocycles. The van der Waals surface area contributed by atoms with E-state index >= 15 is 0 Å². The second-order valence-corrected chi connectivity index (χ2v) is 4.54. The van der Waals surface area contributed by atoms with E-state index in [-0.39, 0.29) is 12.6 Å². The first-order valence-corrected chi connectivity index (χ1v) is 5.93. The van der Waals surface area contributed by atoms with Crippen LogP contribution in [0.2, 0.25) is 0 Å². The zero-order chi connectivity index (χ0) is 11.5. The number of nitrogens with zero attached hydrogens (tertiary/aromatic N) is 1. The molecule has 2 unspecified atom stereocenters. The van der Waals surface area contributed by atoms with Crippen LogP contribution >= 0.6 is 0 Å². The summed E-state index contributed by atoms with van der Waals surface area (Å²) in [4.78, 5) is 2.30. The summed E-state index contributed by atoms with van der Waals surface area (Å²) in [6.07, 6.45) is 1.14. The largest absolute Gasteiger partial charge is 0.394 e. The lowest BCUT2D eigenvalue weighted by Gasteiger charge is -2.29. The van der Waals surface area contributed by atoms with Gasteiger partial charge in [0.1, 0.15) is 0 Å². The second kappa shape index (κ2) is 4.85. The summed E-state index contributed by atoms with van der Waals surface area (Å²) < 4.78 is 0. The molecule has 1 aromatic rings. The Bertz CT molecular complexity index is 354. The fourth-order valence-corrected chi connectivity index (χ4v) is 2.55. The van der Waals surface area contributed by atoms with Crippen molar-refractivity contribution in [3.63, 3.8) is 0 Å². The first-order chi connectivity index (χ1) is 7.77. The van der Waals surface area contributed by atoms with Crippen LogP contribution in [0.25, 0.3) is 0 Å². The van der Waals surface area contributed by atoms with Crippen LogP contribution in [0.1, 0.15) is 18.9 Å². The third kappa shape index (κ3) is 1.93. The van der Waals surface area contributed by atoms with E-state index in [2.05, 4.69) is 24.0 Å². The van der Waals surface area contributed by atoms with E-state index in [4.69, 9.17) is 5.73 Å². The van der Waals surface area contributed by atoms with Crippen molar-refractivity contribution < 1.29 is 5.11 Å². The van der Waals surface area contributed by atoms with Gasteiger partial charge in [-0.1, -0.05) is 25.1 Å². The maximum Gasteiger partial charge on any atom is 0.0637 e. The van der Waals surface area contributed by atoms with Crippen molar-refractivity contribution in [2.24, 2.45) is 11.7 Å². The van der Waals surface area contributed by atoms with Crippen molar-refractivity contribution in [1.82, 2.24) is 0 Å². The Hall–Kier alpha value is -1.06. The molecule has 0 saturated carbocycles. The topological polar surface area (TPSA) is 49.5 Å². The Kier molecular flexibility index (Phi) is 3.46. The molecule has 1 aliphatic heterocycles. The minimum absolute atomic E-state index is 0.222. The van der Waals surface area contributed by atoms with E-state index in [0.717, 1.165) is 18.5 Å². The minimum Gasteiger partial charge on any atom is -0.394 e. The van der Waals surface area contributed by atoms with Gasteiger partial charge in [0.15, 0.2) is 0 Å². The Labute approximate surface area is 96.9 Å². The molecular weight excluding hydrogens is 200 g/mol. The Morgan fingerprint density at radius 1 is 1.44 bits per heavy atom. The maximum atomic E-state index is 9.46. The van der Waals surface area contributed by atoms with Crippen LogP contribution in [0.5, 0.6) is 0 Å². The molecule has 0 radical (unpaired) electrons. The number of benzene rings is 1. The van der Waals surface area contributed by atoms with Crippen LogP contribution in [0.4, 0.5) is 5.69 Å². The normalized spacial score (nSPS) is 25.1. The van der Waals surface area contributed by atoms with Crippen LogP contribution < -0.4 is 10.6 Å². The van der Waals surface area contributed by atoms with Crippen molar-refractivity contribution in [1.29, 1.82) is 0 Å². The molecule has 0 spiro atoms. The van der Waals surface area contributed by atoms with Crippen LogP contribution in [0.3, 0.4) is 0 Å². The molecule has 0 bridgehead atoms. The van der Waals surface area contributed by atoms with Gasteiger partial charge in [-0.05, 0) is 24.0 Å². The number of aliphatic hydroxyl groups excluding tert-OH is 1. The summed E-state index contributed by atoms with van der Waals surface area (Å²) >= 11 is 0. The number of hydrogen-bond donors (Lipinski definition) is 2. The first kappa shape index (κ1) is 11.4. The lowest BCUT2D eigenvalue weighted by atomic mass is 10.0. The Morgan fingerprint density at radius 2 is 2.19 bits per heavy atom. The molecule has 1 heterocycles. The highest BCUT2D eigenvalue weighted by Crippen LogP contribution is 2.31. The highest BCUT2D eigenvalue weighted by atomic mass is 16.3. The van der Waals surface area contributed by atoms with E-state index < -0.39 is 0 Å². The summed E-state index contributed by atoms with van der Waals surface area (Å²) in [5, 5.41) is 9.46. The van der Waals surface area contributed by atoms with Gasteiger partial charge in [-0.15, -0.1) is 0 Å². The second-order valence-electron chi connectivity index (χ2n) is 4.54. The van der Waals surface area contributed by atoms with E-state index in [0.29, 0.717) is 12.5 Å². The fourth-order valence-electron chi connectivity index (χ4n) is 2.55. The third-order valence-corrected chi connectivity index (χ3v) is 3.59. The third-order valence-electron chi connectivity index (χ3n) is 3.59. The summed E-state index contributed by atoms with van der Waals surface area (Å²) in [7, 11) is 0. The summed E-state index contributed by atoms with van der Waals surface area (Å²) in [5.74, 6) is 0.552. The summed E-state index contributed by atoms with van der Waals surface area (Å²) in [6, 6.07) is 8.45. The van der Waals surface area contributed by atoms with Crippen molar-refractivity contribution in [3.05, 3.63) is 29.8 Å². The van der Waals surface area contributed by atoms with Crippen LogP contribution in [0, 0.1) is 5.92 Å². The van der Waals surface area contributed by atoms with Crippen LogP contribution in [0.15, 0.2) is 24.3 Å². The van der Waals surface area contributed by atoms with Gasteiger partial charge in [-0.3, -0.25) is 0 Å². The molecule has 0 amide bonds. The number of rotatable bonds is 3. The molecule has 2 atom stereocenters. The Morgan fingerprint density at radius 3 is 2.88 bits per heavy atom. The average Bonchev–Trinajstić information content (AvgIpc) is 2.70. The van der Waals surface area contributed by atoms with Crippen molar-refractivity contribution in [2.45, 2.75) is 25.9 Å². The lowest BCUT2D eigenvalue weighted by molar-refractivity contribution is 0.244. The number of para-hydroxylation sites is 1. The van der Waals surface area contributed by atoms with E-state index in [1.54, 1.807) is 0 Å². The van der Waals surface area contributed by atoms with Gasteiger partial charge in [0.2, 0.25) is 0 Å². The number of nitrogens with two attached hydrogens (primary N) is 1. The molecule has 1 aliphatic rings. The van der Waals surface area contributed by atoms with Crippen molar-refractivity contribution in [2.75, 3.05) is 18.1 Å². The van der Waals surface area contributed by atoms with Gasteiger partial charge >= 0.3 is 0 Å². The monoisotopic (exact) mass is 220 g/mol. The minimum atomic E-state index is 0.222. The molecule has 1 fully saturated rings. The quantitative estimate of drug-likeness (QED) is 0.808. The van der Waals surface area contributed by atoms with Crippen LogP contribution in [-0.4, -0.2) is 24.3 Å². The molecule has 2 rings (SSSR count). The predicted molar refractivity (Wildman–Crippen MR) is 66.3 cm³/mol. The summed E-state index contributed by atoms with van der Waals surface area (Å²) in [5.41, 5.74) is 8.10. The van der Waals surface area contributed by atoms with E-state index in [9.17, 15) is 5.11 Å². The smallest absolute Gasteiger partial charge is 0.0637 e. The number of anilines is 1. The van der Waals surface area contributed by atoms with Crippen molar-refractivity contribution >= 4 is 5.69 Å². The van der Waals surface area contributed by atoms with Gasteiger partial charge in [-0.2, -0.15) is 0 Å². The van der Waals surface area contributed by atoms with Gasteiger partial charge in [0, 0.05) is 18.8 Å². The molecule has 3 heteroatoms. The first-order valence-electron chi connectivity index (χ1n) is 5.93. The maximum absolute atomic E-state index is 9.46. The van der Waals surface area contributed by atoms with Gasteiger partial charge < -0.3 is 15.7 Å². The number of aliphatic hydroxyl groups is 1. The highest BCUT2D eigenvalue weighted by Gasteiger charge is 2.31. The highest BCUT2D eigenvalue weighted by molar-refractivity contribution is 5.55. The van der Waals surface area contributed by atoms with E-state index in [1.807, 2.05) is 12.1 Å². The molecule has 3 nitrogen and oxygen atoms in total. The van der Waals surface area contributed by atoms with Gasteiger partial charge in [-0.25, -0.2) is 0 Å². The zero-order valence-corrected chi connectivity index (χ0v) is 9.76. The molecule has 1 aromatic carbocycles. The van der Waals surface area contributed by atoms with E-state index in [1.165, 1.54) is 5.69 Å². The standard InChI is InChI=1S/C13H20N2O/c1-10-6-7-15(13(10)9-16)12-5-3-2-4-11(12)8-14/h2-5,10,13,16H,6-9,14H2,1H3. The molecular formula is C13H20N2O. The molecule has 16 heavy (non-hydrogen) atoms. The summed E-state index contributed by atoms with van der Waals surface area (Å²) in [6.45, 7) is 3.99. The molecule has 3 N–H and O–H groups in total. The van der Waals surface area contributed by atoms with Crippen LogP contribution in [-0.2, 0) is 6.54 Å². The molecule has 1 saturated heterocycles. The average molecular weight is 220 g/mol. The lowest BCUT2D eigenvalue weighted by Crippen LogP contribution is -2.35. The predicted octanol–water partition coefficient (Wildman–Crippen LogP) is 1.35. The fraction of sp³-hybridized carbons (Fsp3) is 0.538. The van der Waals surface area contributed by atoms with Gasteiger partial charge in [0.05, 0.1) is 12.6 Å². The molecule has 88 valence electrons. The number of hydrogen-bond acceptors (Lipinski definition) is 3. The zero-order valence-electron chi connectivity index (χ0n) is 9.76. The van der Waals surface area contributed by atoms with Crippen molar-refractivity contribution in [3.8, 4) is 0 Å².